The minimum Gasteiger partial charge on any atom is -0.497 e. The molecule has 5 heteroatoms. The second-order valence-corrected chi connectivity index (χ2v) is 5.31. The molecule has 0 saturated heterocycles. The average molecular weight is 275 g/mol. The van der Waals surface area contributed by atoms with Gasteiger partial charge in [0.05, 0.1) is 13.2 Å². The van der Waals surface area contributed by atoms with Gasteiger partial charge >= 0.3 is 0 Å². The molecule has 2 rings (SSSR count). The zero-order chi connectivity index (χ0) is 14.5. The fourth-order valence-corrected chi connectivity index (χ4v) is 2.06. The van der Waals surface area contributed by atoms with Crippen molar-refractivity contribution in [2.75, 3.05) is 7.11 Å². The van der Waals surface area contributed by atoms with Gasteiger partial charge in [0.2, 0.25) is 5.89 Å². The standard InChI is InChI=1S/C15H21N3O2/c1-10(2)7-13(16)15-17-14(18-20-15)9-11-5-4-6-12(8-11)19-3/h4-6,8,10,13H,7,9,16H2,1-3H3/t13-/m0/s1. The molecule has 108 valence electrons. The van der Waals surface area contributed by atoms with Crippen molar-refractivity contribution in [3.8, 4) is 5.75 Å². The first-order valence-electron chi connectivity index (χ1n) is 6.79. The molecular formula is C15H21N3O2. The van der Waals surface area contributed by atoms with Crippen LogP contribution in [0.2, 0.25) is 0 Å². The van der Waals surface area contributed by atoms with Crippen molar-refractivity contribution in [1.29, 1.82) is 0 Å². The molecule has 0 spiro atoms. The number of ether oxygens (including phenoxy) is 1. The van der Waals surface area contributed by atoms with Gasteiger partial charge in [0.25, 0.3) is 0 Å². The summed E-state index contributed by atoms with van der Waals surface area (Å²) in [5.74, 6) is 2.48. The van der Waals surface area contributed by atoms with Crippen molar-refractivity contribution in [3.05, 3.63) is 41.5 Å². The minimum absolute atomic E-state index is 0.193. The fourth-order valence-electron chi connectivity index (χ4n) is 2.06. The maximum Gasteiger partial charge on any atom is 0.243 e. The van der Waals surface area contributed by atoms with Crippen LogP contribution in [0.1, 0.15) is 43.6 Å². The topological polar surface area (TPSA) is 74.2 Å². The van der Waals surface area contributed by atoms with Crippen LogP contribution in [0.4, 0.5) is 0 Å². The molecule has 0 aliphatic heterocycles. The van der Waals surface area contributed by atoms with Crippen LogP contribution in [0.15, 0.2) is 28.8 Å². The number of hydrogen-bond acceptors (Lipinski definition) is 5. The lowest BCUT2D eigenvalue weighted by atomic mass is 10.0. The molecule has 0 aliphatic carbocycles. The van der Waals surface area contributed by atoms with Crippen LogP contribution in [-0.2, 0) is 6.42 Å². The van der Waals surface area contributed by atoms with Gasteiger partial charge < -0.3 is 15.0 Å². The first-order chi connectivity index (χ1) is 9.58. The third-order valence-corrected chi connectivity index (χ3v) is 3.02. The van der Waals surface area contributed by atoms with Crippen LogP contribution in [0.5, 0.6) is 5.75 Å². The summed E-state index contributed by atoms with van der Waals surface area (Å²) in [6.07, 6.45) is 1.44. The number of rotatable bonds is 6. The van der Waals surface area contributed by atoms with E-state index in [4.69, 9.17) is 15.0 Å². The van der Waals surface area contributed by atoms with E-state index < -0.39 is 0 Å². The van der Waals surface area contributed by atoms with E-state index in [0.717, 1.165) is 17.7 Å². The van der Waals surface area contributed by atoms with Crippen LogP contribution < -0.4 is 10.5 Å². The normalized spacial score (nSPS) is 12.7. The van der Waals surface area contributed by atoms with Crippen molar-refractivity contribution in [2.45, 2.75) is 32.7 Å². The highest BCUT2D eigenvalue weighted by Crippen LogP contribution is 2.19. The van der Waals surface area contributed by atoms with Crippen molar-refractivity contribution >= 4 is 0 Å². The van der Waals surface area contributed by atoms with Crippen molar-refractivity contribution in [3.63, 3.8) is 0 Å². The largest absolute Gasteiger partial charge is 0.497 e. The molecule has 0 unspecified atom stereocenters. The van der Waals surface area contributed by atoms with Gasteiger partial charge in [-0.05, 0) is 30.0 Å². The highest BCUT2D eigenvalue weighted by molar-refractivity contribution is 5.30. The van der Waals surface area contributed by atoms with Crippen LogP contribution in [0, 0.1) is 5.92 Å². The molecule has 0 bridgehead atoms. The number of aromatic nitrogens is 2. The lowest BCUT2D eigenvalue weighted by Crippen LogP contribution is -2.13. The molecule has 0 fully saturated rings. The quantitative estimate of drug-likeness (QED) is 0.877. The van der Waals surface area contributed by atoms with Crippen LogP contribution in [-0.4, -0.2) is 17.3 Å². The summed E-state index contributed by atoms with van der Waals surface area (Å²) in [6.45, 7) is 4.24. The van der Waals surface area contributed by atoms with E-state index in [1.807, 2.05) is 24.3 Å². The molecule has 1 atom stereocenters. The third-order valence-electron chi connectivity index (χ3n) is 3.02. The molecule has 0 aliphatic rings. The van der Waals surface area contributed by atoms with Crippen molar-refractivity contribution in [2.24, 2.45) is 11.7 Å². The lowest BCUT2D eigenvalue weighted by molar-refractivity contribution is 0.333. The van der Waals surface area contributed by atoms with E-state index in [2.05, 4.69) is 24.0 Å². The highest BCUT2D eigenvalue weighted by Gasteiger charge is 2.16. The number of benzene rings is 1. The number of nitrogens with two attached hydrogens (primary N) is 1. The Kier molecular flexibility index (Phi) is 4.74. The number of methoxy groups -OCH3 is 1. The Bertz CT molecular complexity index is 552. The van der Waals surface area contributed by atoms with Gasteiger partial charge in [0, 0.05) is 6.42 Å². The summed E-state index contributed by atoms with van der Waals surface area (Å²) in [4.78, 5) is 4.37. The SMILES string of the molecule is COc1cccc(Cc2noc([C@@H](N)CC(C)C)n2)c1. The monoisotopic (exact) mass is 275 g/mol. The molecule has 0 amide bonds. The Morgan fingerprint density at radius 2 is 2.15 bits per heavy atom. The van der Waals surface area contributed by atoms with E-state index in [1.54, 1.807) is 7.11 Å². The summed E-state index contributed by atoms with van der Waals surface area (Å²) < 4.78 is 10.4. The Labute approximate surface area is 119 Å². The predicted molar refractivity (Wildman–Crippen MR) is 76.5 cm³/mol. The third kappa shape index (κ3) is 3.81. The Morgan fingerprint density at radius 3 is 2.85 bits per heavy atom. The van der Waals surface area contributed by atoms with Gasteiger partial charge in [-0.2, -0.15) is 4.98 Å². The summed E-state index contributed by atoms with van der Waals surface area (Å²) in [5.41, 5.74) is 7.11. The van der Waals surface area contributed by atoms with E-state index in [1.165, 1.54) is 0 Å². The average Bonchev–Trinajstić information content (AvgIpc) is 2.87. The van der Waals surface area contributed by atoms with E-state index in [9.17, 15) is 0 Å². The molecular weight excluding hydrogens is 254 g/mol. The molecule has 0 saturated carbocycles. The Balaban J connectivity index is 2.05. The Hall–Kier alpha value is -1.88. The second kappa shape index (κ2) is 6.52. The molecule has 2 aromatic rings. The van der Waals surface area contributed by atoms with Crippen LogP contribution >= 0.6 is 0 Å². The predicted octanol–water partition coefficient (Wildman–Crippen LogP) is 2.71. The first kappa shape index (κ1) is 14.5. The van der Waals surface area contributed by atoms with Gasteiger partial charge in [0.1, 0.15) is 5.75 Å². The van der Waals surface area contributed by atoms with Crippen molar-refractivity contribution < 1.29 is 9.26 Å². The fraction of sp³-hybridized carbons (Fsp3) is 0.467. The van der Waals surface area contributed by atoms with E-state index >= 15 is 0 Å². The van der Waals surface area contributed by atoms with Gasteiger partial charge in [-0.15, -0.1) is 0 Å². The molecule has 1 heterocycles. The van der Waals surface area contributed by atoms with Crippen molar-refractivity contribution in [1.82, 2.24) is 10.1 Å². The summed E-state index contributed by atoms with van der Waals surface area (Å²) in [5, 5.41) is 3.99. The lowest BCUT2D eigenvalue weighted by Gasteiger charge is -2.08. The number of hydrogen-bond donors (Lipinski definition) is 1. The summed E-state index contributed by atoms with van der Waals surface area (Å²) in [7, 11) is 1.65. The minimum atomic E-state index is -0.193. The summed E-state index contributed by atoms with van der Waals surface area (Å²) >= 11 is 0. The zero-order valence-corrected chi connectivity index (χ0v) is 12.2. The second-order valence-electron chi connectivity index (χ2n) is 5.31. The van der Waals surface area contributed by atoms with E-state index in [0.29, 0.717) is 24.1 Å². The smallest absolute Gasteiger partial charge is 0.243 e. The molecule has 1 aromatic carbocycles. The molecule has 1 aromatic heterocycles. The molecule has 20 heavy (non-hydrogen) atoms. The highest BCUT2D eigenvalue weighted by atomic mass is 16.5. The maximum absolute atomic E-state index is 6.03. The van der Waals surface area contributed by atoms with E-state index in [-0.39, 0.29) is 6.04 Å². The number of nitrogens with zero attached hydrogens (tertiary/aromatic N) is 2. The molecule has 0 radical (unpaired) electrons. The molecule has 2 N–H and O–H groups in total. The van der Waals surface area contributed by atoms with Gasteiger partial charge in [-0.25, -0.2) is 0 Å². The van der Waals surface area contributed by atoms with Gasteiger partial charge in [0.15, 0.2) is 5.82 Å². The summed E-state index contributed by atoms with van der Waals surface area (Å²) in [6, 6.07) is 7.63. The van der Waals surface area contributed by atoms with Crippen LogP contribution in [0.3, 0.4) is 0 Å². The molecule has 5 nitrogen and oxygen atoms in total. The zero-order valence-electron chi connectivity index (χ0n) is 12.2. The van der Waals surface area contributed by atoms with Gasteiger partial charge in [-0.1, -0.05) is 31.1 Å². The maximum atomic E-state index is 6.03. The first-order valence-corrected chi connectivity index (χ1v) is 6.79. The Morgan fingerprint density at radius 1 is 1.35 bits per heavy atom. The van der Waals surface area contributed by atoms with Crippen LogP contribution in [0.25, 0.3) is 0 Å². The van der Waals surface area contributed by atoms with Gasteiger partial charge in [-0.3, -0.25) is 0 Å².